The number of rotatable bonds is 7. The molecule has 32 heavy (non-hydrogen) atoms. The van der Waals surface area contributed by atoms with E-state index in [1.165, 1.54) is 11.1 Å². The molecule has 4 rings (SSSR count). The van der Waals surface area contributed by atoms with E-state index in [4.69, 9.17) is 16.3 Å². The summed E-state index contributed by atoms with van der Waals surface area (Å²) in [6.07, 6.45) is 1.86. The van der Waals surface area contributed by atoms with Crippen molar-refractivity contribution in [1.82, 2.24) is 9.78 Å². The van der Waals surface area contributed by atoms with Gasteiger partial charge < -0.3 is 10.1 Å². The number of ether oxygens (including phenoxy) is 1. The van der Waals surface area contributed by atoms with Crippen LogP contribution in [0.5, 0.6) is 5.75 Å². The third-order valence-corrected chi connectivity index (χ3v) is 5.65. The van der Waals surface area contributed by atoms with Gasteiger partial charge in [0, 0.05) is 22.8 Å². The molecule has 0 bridgehead atoms. The van der Waals surface area contributed by atoms with E-state index in [0.29, 0.717) is 29.6 Å². The Morgan fingerprint density at radius 2 is 1.78 bits per heavy atom. The van der Waals surface area contributed by atoms with Crippen molar-refractivity contribution in [3.05, 3.63) is 112 Å². The normalized spacial score (nSPS) is 10.7. The van der Waals surface area contributed by atoms with Crippen LogP contribution in [0.15, 0.2) is 79.0 Å². The maximum atomic E-state index is 12.6. The highest BCUT2D eigenvalue weighted by Gasteiger charge is 2.09. The number of carbonyl (C=O) groups excluding carboxylic acids is 1. The standard InChI is InChI=1S/C26H24ClN3O2/c1-18-5-3-4-6-22(18)16-30-14-13-25(29-30)28-26(31)21-9-7-20(8-10-21)17-32-23-11-12-24(27)19(2)15-23/h3-15H,16-17H2,1-2H3,(H,28,29,31). The summed E-state index contributed by atoms with van der Waals surface area (Å²) in [6, 6.07) is 22.9. The maximum absolute atomic E-state index is 12.6. The molecular weight excluding hydrogens is 422 g/mol. The van der Waals surface area contributed by atoms with Crippen LogP contribution in [0.3, 0.4) is 0 Å². The Labute approximate surface area is 192 Å². The van der Waals surface area contributed by atoms with Gasteiger partial charge in [0.1, 0.15) is 12.4 Å². The number of nitrogens with zero attached hydrogens (tertiary/aromatic N) is 2. The molecule has 6 heteroatoms. The van der Waals surface area contributed by atoms with Gasteiger partial charge in [-0.15, -0.1) is 0 Å². The van der Waals surface area contributed by atoms with Gasteiger partial charge in [-0.05, 0) is 66.4 Å². The van der Waals surface area contributed by atoms with Gasteiger partial charge in [-0.25, -0.2) is 0 Å². The number of nitrogens with one attached hydrogen (secondary N) is 1. The van der Waals surface area contributed by atoms with Crippen molar-refractivity contribution in [3.8, 4) is 5.75 Å². The van der Waals surface area contributed by atoms with Crippen LogP contribution < -0.4 is 10.1 Å². The van der Waals surface area contributed by atoms with Gasteiger partial charge >= 0.3 is 0 Å². The van der Waals surface area contributed by atoms with Crippen LogP contribution in [0, 0.1) is 13.8 Å². The summed E-state index contributed by atoms with van der Waals surface area (Å²) in [5.74, 6) is 1.08. The lowest BCUT2D eigenvalue weighted by Gasteiger charge is -2.09. The number of amides is 1. The fourth-order valence-corrected chi connectivity index (χ4v) is 3.41. The van der Waals surface area contributed by atoms with Gasteiger partial charge in [0.15, 0.2) is 5.82 Å². The molecule has 1 aromatic heterocycles. The maximum Gasteiger partial charge on any atom is 0.256 e. The predicted molar refractivity (Wildman–Crippen MR) is 127 cm³/mol. The van der Waals surface area contributed by atoms with Crippen molar-refractivity contribution in [2.75, 3.05) is 5.32 Å². The summed E-state index contributed by atoms with van der Waals surface area (Å²) >= 11 is 6.05. The molecule has 0 atom stereocenters. The summed E-state index contributed by atoms with van der Waals surface area (Å²) in [5, 5.41) is 8.03. The van der Waals surface area contributed by atoms with E-state index in [0.717, 1.165) is 16.9 Å². The molecule has 0 unspecified atom stereocenters. The highest BCUT2D eigenvalue weighted by molar-refractivity contribution is 6.31. The fraction of sp³-hybridized carbons (Fsp3) is 0.154. The third-order valence-electron chi connectivity index (χ3n) is 5.23. The second-order valence-corrected chi connectivity index (χ2v) is 8.08. The smallest absolute Gasteiger partial charge is 0.256 e. The van der Waals surface area contributed by atoms with Gasteiger partial charge in [0.05, 0.1) is 6.54 Å². The molecular formula is C26H24ClN3O2. The molecule has 4 aromatic rings. The lowest BCUT2D eigenvalue weighted by atomic mass is 10.1. The Morgan fingerprint density at radius 3 is 2.53 bits per heavy atom. The van der Waals surface area contributed by atoms with Gasteiger partial charge in [-0.3, -0.25) is 9.48 Å². The minimum atomic E-state index is -0.202. The van der Waals surface area contributed by atoms with Crippen LogP contribution in [-0.2, 0) is 13.2 Å². The van der Waals surface area contributed by atoms with Crippen molar-refractivity contribution in [2.45, 2.75) is 27.0 Å². The minimum absolute atomic E-state index is 0.202. The molecule has 0 radical (unpaired) electrons. The molecule has 5 nitrogen and oxygen atoms in total. The summed E-state index contributed by atoms with van der Waals surface area (Å²) in [4.78, 5) is 12.6. The average molecular weight is 446 g/mol. The van der Waals surface area contributed by atoms with Gasteiger partial charge in [-0.2, -0.15) is 5.10 Å². The first-order chi connectivity index (χ1) is 15.5. The van der Waals surface area contributed by atoms with Crippen molar-refractivity contribution < 1.29 is 9.53 Å². The van der Waals surface area contributed by atoms with Crippen LogP contribution >= 0.6 is 11.6 Å². The molecule has 0 aliphatic rings. The van der Waals surface area contributed by atoms with Crippen LogP contribution in [0.2, 0.25) is 5.02 Å². The number of benzene rings is 3. The number of hydrogen-bond acceptors (Lipinski definition) is 3. The highest BCUT2D eigenvalue weighted by atomic mass is 35.5. The summed E-state index contributed by atoms with van der Waals surface area (Å²) in [7, 11) is 0. The summed E-state index contributed by atoms with van der Waals surface area (Å²) < 4.78 is 7.63. The molecule has 1 N–H and O–H groups in total. The average Bonchev–Trinajstić information content (AvgIpc) is 3.23. The Morgan fingerprint density at radius 1 is 1.00 bits per heavy atom. The highest BCUT2D eigenvalue weighted by Crippen LogP contribution is 2.22. The zero-order valence-electron chi connectivity index (χ0n) is 18.0. The zero-order valence-corrected chi connectivity index (χ0v) is 18.8. The van der Waals surface area contributed by atoms with E-state index >= 15 is 0 Å². The van der Waals surface area contributed by atoms with Crippen LogP contribution in [0.25, 0.3) is 0 Å². The van der Waals surface area contributed by atoms with Crippen molar-refractivity contribution in [2.24, 2.45) is 0 Å². The van der Waals surface area contributed by atoms with E-state index in [9.17, 15) is 4.79 Å². The fourth-order valence-electron chi connectivity index (χ4n) is 3.29. The number of aryl methyl sites for hydroxylation is 2. The molecule has 0 saturated heterocycles. The summed E-state index contributed by atoms with van der Waals surface area (Å²) in [5.41, 5.74) is 4.91. The van der Waals surface area contributed by atoms with E-state index in [2.05, 4.69) is 29.5 Å². The Hall–Kier alpha value is -3.57. The molecule has 0 spiro atoms. The van der Waals surface area contributed by atoms with Crippen LogP contribution in [0.1, 0.15) is 32.6 Å². The second kappa shape index (κ2) is 9.71. The van der Waals surface area contributed by atoms with Gasteiger partial charge in [0.25, 0.3) is 5.91 Å². The van der Waals surface area contributed by atoms with Gasteiger partial charge in [0.2, 0.25) is 0 Å². The minimum Gasteiger partial charge on any atom is -0.489 e. The van der Waals surface area contributed by atoms with Crippen LogP contribution in [-0.4, -0.2) is 15.7 Å². The van der Waals surface area contributed by atoms with Crippen LogP contribution in [0.4, 0.5) is 5.82 Å². The van der Waals surface area contributed by atoms with E-state index in [-0.39, 0.29) is 5.91 Å². The molecule has 162 valence electrons. The SMILES string of the molecule is Cc1cc(OCc2ccc(C(=O)Nc3ccn(Cc4ccccc4C)n3)cc2)ccc1Cl. The first-order valence-electron chi connectivity index (χ1n) is 10.3. The Balaban J connectivity index is 1.33. The second-order valence-electron chi connectivity index (χ2n) is 7.68. The molecule has 3 aromatic carbocycles. The molecule has 0 saturated carbocycles. The predicted octanol–water partition coefficient (Wildman–Crippen LogP) is 6.03. The largest absolute Gasteiger partial charge is 0.489 e. The van der Waals surface area contributed by atoms with E-state index < -0.39 is 0 Å². The third kappa shape index (κ3) is 5.37. The molecule has 1 amide bonds. The zero-order chi connectivity index (χ0) is 22.5. The van der Waals surface area contributed by atoms with Crippen molar-refractivity contribution in [3.63, 3.8) is 0 Å². The van der Waals surface area contributed by atoms with Gasteiger partial charge in [-0.1, -0.05) is 48.0 Å². The van der Waals surface area contributed by atoms with Crippen molar-refractivity contribution >= 4 is 23.3 Å². The lowest BCUT2D eigenvalue weighted by Crippen LogP contribution is -2.13. The molecule has 0 aliphatic carbocycles. The molecule has 0 fully saturated rings. The summed E-state index contributed by atoms with van der Waals surface area (Å²) in [6.45, 7) is 5.08. The topological polar surface area (TPSA) is 56.1 Å². The quantitative estimate of drug-likeness (QED) is 0.377. The van der Waals surface area contributed by atoms with E-state index in [1.54, 1.807) is 18.2 Å². The number of anilines is 1. The number of carbonyl (C=O) groups is 1. The Bertz CT molecular complexity index is 1230. The number of hydrogen-bond donors (Lipinski definition) is 1. The lowest BCUT2D eigenvalue weighted by molar-refractivity contribution is 0.102. The number of halogens is 1. The number of aromatic nitrogens is 2. The van der Waals surface area contributed by atoms with Crippen molar-refractivity contribution in [1.29, 1.82) is 0 Å². The molecule has 0 aliphatic heterocycles. The first-order valence-corrected chi connectivity index (χ1v) is 10.7. The van der Waals surface area contributed by atoms with E-state index in [1.807, 2.05) is 60.3 Å². The Kier molecular flexibility index (Phi) is 6.57. The molecule has 1 heterocycles. The monoisotopic (exact) mass is 445 g/mol. The first kappa shape index (κ1) is 21.7.